The minimum absolute atomic E-state index is 0.107. The highest BCUT2D eigenvalue weighted by Gasteiger charge is 2.41. The number of nitrogens with zero attached hydrogens (tertiary/aromatic N) is 1. The lowest BCUT2D eigenvalue weighted by Crippen LogP contribution is -1.95. The Morgan fingerprint density at radius 1 is 0.842 bits per heavy atom. The van der Waals surface area contributed by atoms with Gasteiger partial charge in [0, 0.05) is 23.0 Å². The Kier molecular flexibility index (Phi) is 1.86. The first-order valence-electron chi connectivity index (χ1n) is 6.31. The van der Waals surface area contributed by atoms with Crippen molar-refractivity contribution in [2.24, 2.45) is 0 Å². The van der Waals surface area contributed by atoms with E-state index in [1.165, 1.54) is 16.7 Å². The molecule has 2 aliphatic carbocycles. The van der Waals surface area contributed by atoms with Gasteiger partial charge in [0.15, 0.2) is 0 Å². The number of phenolic OH excluding ortho intramolecular Hbond substituents is 1. The van der Waals surface area contributed by atoms with Crippen molar-refractivity contribution in [2.75, 3.05) is 0 Å². The molecule has 0 spiro atoms. The van der Waals surface area contributed by atoms with Gasteiger partial charge in [0.1, 0.15) is 5.75 Å². The monoisotopic (exact) mass is 255 g/mol. The SMILES string of the molecule is Oc1ccc(-n2c(O)c3c(c2O)C2C=CC3C2)cc1. The Morgan fingerprint density at radius 3 is 1.89 bits per heavy atom. The fourth-order valence-electron chi connectivity index (χ4n) is 3.29. The molecule has 0 fully saturated rings. The zero-order chi connectivity index (χ0) is 13.1. The Labute approximate surface area is 109 Å². The molecule has 2 atom stereocenters. The summed E-state index contributed by atoms with van der Waals surface area (Å²) in [7, 11) is 0. The van der Waals surface area contributed by atoms with Crippen molar-refractivity contribution in [1.82, 2.24) is 4.57 Å². The third kappa shape index (κ3) is 1.23. The molecule has 0 aliphatic heterocycles. The van der Waals surface area contributed by atoms with Crippen molar-refractivity contribution < 1.29 is 15.3 Å². The molecule has 2 bridgehead atoms. The molecule has 1 aromatic carbocycles. The summed E-state index contributed by atoms with van der Waals surface area (Å²) < 4.78 is 1.44. The molecule has 0 radical (unpaired) electrons. The van der Waals surface area contributed by atoms with Crippen LogP contribution in [-0.4, -0.2) is 19.9 Å². The van der Waals surface area contributed by atoms with Crippen molar-refractivity contribution in [3.63, 3.8) is 0 Å². The van der Waals surface area contributed by atoms with Crippen LogP contribution in [0, 0.1) is 0 Å². The largest absolute Gasteiger partial charge is 0.508 e. The molecule has 2 aromatic rings. The summed E-state index contributed by atoms with van der Waals surface area (Å²) in [6, 6.07) is 6.40. The van der Waals surface area contributed by atoms with E-state index in [0.29, 0.717) is 5.69 Å². The van der Waals surface area contributed by atoms with Crippen LogP contribution in [0.1, 0.15) is 29.4 Å². The number of hydrogen-bond donors (Lipinski definition) is 3. The van der Waals surface area contributed by atoms with Crippen LogP contribution in [0.15, 0.2) is 36.4 Å². The first kappa shape index (κ1) is 10.6. The van der Waals surface area contributed by atoms with E-state index in [1.54, 1.807) is 12.1 Å². The van der Waals surface area contributed by atoms with E-state index < -0.39 is 0 Å². The lowest BCUT2D eigenvalue weighted by atomic mass is 10.0. The first-order chi connectivity index (χ1) is 9.16. The maximum absolute atomic E-state index is 10.4. The van der Waals surface area contributed by atoms with Gasteiger partial charge in [-0.2, -0.15) is 0 Å². The van der Waals surface area contributed by atoms with Gasteiger partial charge in [0.05, 0.1) is 5.69 Å². The van der Waals surface area contributed by atoms with Gasteiger partial charge in [-0.05, 0) is 30.7 Å². The highest BCUT2D eigenvalue weighted by molar-refractivity contribution is 5.62. The van der Waals surface area contributed by atoms with Crippen LogP contribution in [0.5, 0.6) is 17.5 Å². The third-order valence-corrected chi connectivity index (χ3v) is 4.13. The quantitative estimate of drug-likeness (QED) is 0.686. The molecule has 0 saturated heterocycles. The molecule has 19 heavy (non-hydrogen) atoms. The zero-order valence-corrected chi connectivity index (χ0v) is 10.1. The summed E-state index contributed by atoms with van der Waals surface area (Å²) in [6.45, 7) is 0. The average molecular weight is 255 g/mol. The van der Waals surface area contributed by atoms with Crippen LogP contribution in [0.3, 0.4) is 0 Å². The molecule has 4 heteroatoms. The van der Waals surface area contributed by atoms with Crippen LogP contribution in [0.2, 0.25) is 0 Å². The molecular weight excluding hydrogens is 242 g/mol. The third-order valence-electron chi connectivity index (χ3n) is 4.13. The Hall–Kier alpha value is -2.36. The fourth-order valence-corrected chi connectivity index (χ4v) is 3.29. The number of allylic oxidation sites excluding steroid dienone is 2. The molecule has 4 nitrogen and oxygen atoms in total. The summed E-state index contributed by atoms with van der Waals surface area (Å²) in [5.41, 5.74) is 2.33. The van der Waals surface area contributed by atoms with Crippen molar-refractivity contribution in [2.45, 2.75) is 18.3 Å². The second kappa shape index (κ2) is 3.35. The Bertz CT molecular complexity index is 662. The van der Waals surface area contributed by atoms with Gasteiger partial charge in [-0.25, -0.2) is 0 Å². The van der Waals surface area contributed by atoms with Gasteiger partial charge in [-0.3, -0.25) is 4.57 Å². The number of rotatable bonds is 1. The molecule has 1 heterocycles. The maximum atomic E-state index is 10.4. The lowest BCUT2D eigenvalue weighted by Gasteiger charge is -2.09. The number of hydrogen-bond acceptors (Lipinski definition) is 3. The summed E-state index contributed by atoms with van der Waals surface area (Å²) in [5, 5.41) is 30.1. The number of benzene rings is 1. The number of phenols is 1. The molecule has 2 unspecified atom stereocenters. The molecule has 0 amide bonds. The molecule has 2 aliphatic rings. The van der Waals surface area contributed by atoms with E-state index in [4.69, 9.17) is 0 Å². The topological polar surface area (TPSA) is 65.6 Å². The van der Waals surface area contributed by atoms with Crippen molar-refractivity contribution >= 4 is 0 Å². The molecule has 3 N–H and O–H groups in total. The molecule has 96 valence electrons. The molecule has 0 saturated carbocycles. The molecular formula is C15H13NO3. The normalized spacial score (nSPS) is 22.9. The van der Waals surface area contributed by atoms with E-state index in [1.807, 2.05) is 0 Å². The minimum atomic E-state index is 0.107. The average Bonchev–Trinajstić information content (AvgIpc) is 3.06. The molecule has 4 rings (SSSR count). The van der Waals surface area contributed by atoms with Crippen LogP contribution < -0.4 is 0 Å². The fraction of sp³-hybridized carbons (Fsp3) is 0.200. The van der Waals surface area contributed by atoms with Gasteiger partial charge in [0.25, 0.3) is 0 Å². The van der Waals surface area contributed by atoms with Crippen LogP contribution in [-0.2, 0) is 0 Å². The summed E-state index contributed by atoms with van der Waals surface area (Å²) in [6.07, 6.45) is 5.13. The van der Waals surface area contributed by atoms with Gasteiger partial charge in [0.2, 0.25) is 11.8 Å². The Balaban J connectivity index is 1.94. The van der Waals surface area contributed by atoms with E-state index >= 15 is 0 Å². The van der Waals surface area contributed by atoms with Gasteiger partial charge in [-0.1, -0.05) is 12.2 Å². The van der Waals surface area contributed by atoms with Crippen molar-refractivity contribution in [3.8, 4) is 23.2 Å². The second-order valence-corrected chi connectivity index (χ2v) is 5.16. The zero-order valence-electron chi connectivity index (χ0n) is 10.1. The summed E-state index contributed by atoms with van der Waals surface area (Å²) in [4.78, 5) is 0. The predicted molar refractivity (Wildman–Crippen MR) is 70.0 cm³/mol. The highest BCUT2D eigenvalue weighted by Crippen LogP contribution is 2.57. The van der Waals surface area contributed by atoms with E-state index in [2.05, 4.69) is 12.2 Å². The first-order valence-corrected chi connectivity index (χ1v) is 6.31. The smallest absolute Gasteiger partial charge is 0.202 e. The van der Waals surface area contributed by atoms with E-state index in [0.717, 1.165) is 17.5 Å². The van der Waals surface area contributed by atoms with Gasteiger partial charge < -0.3 is 15.3 Å². The van der Waals surface area contributed by atoms with E-state index in [-0.39, 0.29) is 29.3 Å². The maximum Gasteiger partial charge on any atom is 0.202 e. The summed E-state index contributed by atoms with van der Waals surface area (Å²) >= 11 is 0. The second-order valence-electron chi connectivity index (χ2n) is 5.16. The van der Waals surface area contributed by atoms with Crippen molar-refractivity contribution in [3.05, 3.63) is 47.5 Å². The molecule has 1 aromatic heterocycles. The highest BCUT2D eigenvalue weighted by atomic mass is 16.3. The number of aromatic nitrogens is 1. The minimum Gasteiger partial charge on any atom is -0.508 e. The van der Waals surface area contributed by atoms with Crippen LogP contribution in [0.4, 0.5) is 0 Å². The van der Waals surface area contributed by atoms with Gasteiger partial charge in [-0.15, -0.1) is 0 Å². The predicted octanol–water partition coefficient (Wildman–Crippen LogP) is 2.73. The van der Waals surface area contributed by atoms with Gasteiger partial charge >= 0.3 is 0 Å². The van der Waals surface area contributed by atoms with Crippen LogP contribution >= 0.6 is 0 Å². The number of aromatic hydroxyl groups is 3. The van der Waals surface area contributed by atoms with E-state index in [9.17, 15) is 15.3 Å². The Morgan fingerprint density at radius 2 is 1.37 bits per heavy atom. The lowest BCUT2D eigenvalue weighted by molar-refractivity contribution is 0.395. The van der Waals surface area contributed by atoms with Crippen LogP contribution in [0.25, 0.3) is 5.69 Å². The number of fused-ring (bicyclic) bond motifs is 5. The summed E-state index contributed by atoms with van der Waals surface area (Å²) in [5.74, 6) is 0.794. The standard InChI is InChI=1S/C15H13NO3/c17-11-5-3-10(4-6-11)16-14(18)12-8-1-2-9(7-8)13(12)15(16)19/h1-6,8-9,17-19H,7H2. The van der Waals surface area contributed by atoms with Crippen molar-refractivity contribution in [1.29, 1.82) is 0 Å².